The van der Waals surface area contributed by atoms with Gasteiger partial charge in [-0.05, 0) is 23.6 Å². The smallest absolute Gasteiger partial charge is 0.311 e. The number of piperazine rings is 1. The lowest BCUT2D eigenvalue weighted by Gasteiger charge is -2.46. The fraction of sp³-hybridized carbons (Fsp3) is 1.00. The molecule has 0 saturated carbocycles. The second-order valence-electron chi connectivity index (χ2n) is 6.18. The summed E-state index contributed by atoms with van der Waals surface area (Å²) < 4.78 is 36.6. The predicted octanol–water partition coefficient (Wildman–Crippen LogP) is 3.34. The van der Waals surface area contributed by atoms with E-state index in [2.05, 4.69) is 37.9 Å². The van der Waals surface area contributed by atoms with E-state index in [0.717, 1.165) is 19.5 Å². The first-order valence-electron chi connectivity index (χ1n) is 6.81. The second kappa shape index (κ2) is 6.68. The van der Waals surface area contributed by atoms with Gasteiger partial charge in [-0.2, -0.15) is 13.2 Å². The molecule has 2 unspecified atom stereocenters. The van der Waals surface area contributed by atoms with Crippen molar-refractivity contribution in [2.45, 2.75) is 51.7 Å². The molecule has 0 spiro atoms. The van der Waals surface area contributed by atoms with Crippen LogP contribution in [0, 0.1) is 5.41 Å². The lowest BCUT2D eigenvalue weighted by molar-refractivity contribution is -0.0330. The largest absolute Gasteiger partial charge is 0.441 e. The number of rotatable bonds is 4. The quantitative estimate of drug-likeness (QED) is 0.857. The minimum atomic E-state index is -4.12. The van der Waals surface area contributed by atoms with Gasteiger partial charge in [-0.1, -0.05) is 27.7 Å². The Labute approximate surface area is 118 Å². The summed E-state index contributed by atoms with van der Waals surface area (Å²) in [5, 5.41) is 3.49. The maximum absolute atomic E-state index is 12.2. The molecule has 1 saturated heterocycles. The fourth-order valence-electron chi connectivity index (χ4n) is 2.54. The van der Waals surface area contributed by atoms with Gasteiger partial charge in [0.15, 0.2) is 0 Å². The zero-order chi connectivity index (χ0) is 14.7. The fourth-order valence-corrected chi connectivity index (χ4v) is 3.09. The summed E-state index contributed by atoms with van der Waals surface area (Å²) in [5.41, 5.74) is -4.04. The highest BCUT2D eigenvalue weighted by atomic mass is 32.2. The van der Waals surface area contributed by atoms with Gasteiger partial charge in [0.25, 0.3) is 0 Å². The van der Waals surface area contributed by atoms with E-state index in [0.29, 0.717) is 18.6 Å². The maximum Gasteiger partial charge on any atom is 0.441 e. The Morgan fingerprint density at radius 1 is 1.26 bits per heavy atom. The van der Waals surface area contributed by atoms with E-state index in [9.17, 15) is 13.2 Å². The number of halogens is 3. The van der Waals surface area contributed by atoms with Gasteiger partial charge < -0.3 is 5.32 Å². The topological polar surface area (TPSA) is 15.3 Å². The van der Waals surface area contributed by atoms with Crippen molar-refractivity contribution in [2.24, 2.45) is 5.41 Å². The van der Waals surface area contributed by atoms with E-state index in [1.165, 1.54) is 0 Å². The van der Waals surface area contributed by atoms with Gasteiger partial charge in [0.1, 0.15) is 0 Å². The molecule has 114 valence electrons. The van der Waals surface area contributed by atoms with Crippen molar-refractivity contribution < 1.29 is 13.2 Å². The summed E-state index contributed by atoms with van der Waals surface area (Å²) in [7, 11) is 0. The first kappa shape index (κ1) is 17.1. The molecule has 2 nitrogen and oxygen atoms in total. The summed E-state index contributed by atoms with van der Waals surface area (Å²) >= 11 is 0.0866. The molecule has 1 fully saturated rings. The molecular weight excluding hydrogens is 273 g/mol. The van der Waals surface area contributed by atoms with Crippen LogP contribution >= 0.6 is 11.8 Å². The monoisotopic (exact) mass is 298 g/mol. The molecule has 1 rings (SSSR count). The molecule has 0 aliphatic carbocycles. The van der Waals surface area contributed by atoms with Crippen molar-refractivity contribution >= 4 is 11.8 Å². The van der Waals surface area contributed by atoms with E-state index in [-0.39, 0.29) is 22.9 Å². The molecular formula is C13H25F3N2S. The van der Waals surface area contributed by atoms with Crippen LogP contribution in [-0.2, 0) is 0 Å². The lowest BCUT2D eigenvalue weighted by Crippen LogP contribution is -2.60. The molecule has 6 heteroatoms. The van der Waals surface area contributed by atoms with Crippen LogP contribution in [0.4, 0.5) is 13.2 Å². The second-order valence-corrected chi connectivity index (χ2v) is 7.34. The summed E-state index contributed by atoms with van der Waals surface area (Å²) in [6.07, 6.45) is 1.01. The molecule has 1 aliphatic heterocycles. The number of nitrogens with zero attached hydrogens (tertiary/aromatic N) is 1. The molecule has 0 radical (unpaired) electrons. The molecule has 2 atom stereocenters. The van der Waals surface area contributed by atoms with Crippen LogP contribution in [0.5, 0.6) is 0 Å². The van der Waals surface area contributed by atoms with Crippen molar-refractivity contribution in [3.8, 4) is 0 Å². The standard InChI is InChI=1S/C13H25F3N2S/c1-5-10-9-18(6-7-19-13(14,15)16)11(8-17-10)12(2,3)4/h10-11,17H,5-9H2,1-4H3. The summed E-state index contributed by atoms with van der Waals surface area (Å²) in [6, 6.07) is 0.693. The van der Waals surface area contributed by atoms with Gasteiger partial charge in [0, 0.05) is 37.5 Å². The van der Waals surface area contributed by atoms with Crippen LogP contribution < -0.4 is 5.32 Å². The van der Waals surface area contributed by atoms with Gasteiger partial charge in [-0.3, -0.25) is 4.90 Å². The number of nitrogens with one attached hydrogen (secondary N) is 1. The van der Waals surface area contributed by atoms with Crippen LogP contribution in [0.15, 0.2) is 0 Å². The summed E-state index contributed by atoms with van der Waals surface area (Å²) in [5.74, 6) is 0.118. The van der Waals surface area contributed by atoms with E-state index < -0.39 is 5.51 Å². The normalized spacial score (nSPS) is 26.7. The summed E-state index contributed by atoms with van der Waals surface area (Å²) in [4.78, 5) is 2.23. The third kappa shape index (κ3) is 5.92. The SMILES string of the molecule is CCC1CN(CCSC(F)(F)F)C(C(C)(C)C)CN1. The molecule has 1 N–H and O–H groups in total. The van der Waals surface area contributed by atoms with Crippen LogP contribution in [0.2, 0.25) is 0 Å². The molecule has 0 aromatic heterocycles. The van der Waals surface area contributed by atoms with Crippen LogP contribution in [0.25, 0.3) is 0 Å². The number of hydrogen-bond acceptors (Lipinski definition) is 3. The third-order valence-corrected chi connectivity index (χ3v) is 4.35. The highest BCUT2D eigenvalue weighted by molar-refractivity contribution is 8.00. The molecule has 1 aliphatic rings. The highest BCUT2D eigenvalue weighted by Gasteiger charge is 2.35. The minimum absolute atomic E-state index is 0.0780. The number of alkyl halides is 3. The average Bonchev–Trinajstić information content (AvgIpc) is 2.25. The van der Waals surface area contributed by atoms with Crippen LogP contribution in [0.1, 0.15) is 34.1 Å². The molecule has 19 heavy (non-hydrogen) atoms. The van der Waals surface area contributed by atoms with Gasteiger partial charge in [-0.15, -0.1) is 0 Å². The zero-order valence-electron chi connectivity index (χ0n) is 12.2. The molecule has 0 aromatic carbocycles. The molecule has 0 aromatic rings. The van der Waals surface area contributed by atoms with Gasteiger partial charge in [0.05, 0.1) is 0 Å². The zero-order valence-corrected chi connectivity index (χ0v) is 13.0. The highest BCUT2D eigenvalue weighted by Crippen LogP contribution is 2.31. The van der Waals surface area contributed by atoms with Gasteiger partial charge in [-0.25, -0.2) is 0 Å². The van der Waals surface area contributed by atoms with Gasteiger partial charge in [0.2, 0.25) is 0 Å². The van der Waals surface area contributed by atoms with E-state index >= 15 is 0 Å². The minimum Gasteiger partial charge on any atom is -0.311 e. The van der Waals surface area contributed by atoms with E-state index in [4.69, 9.17) is 0 Å². The number of thioether (sulfide) groups is 1. The van der Waals surface area contributed by atoms with Crippen molar-refractivity contribution in [1.82, 2.24) is 10.2 Å². The Kier molecular flexibility index (Phi) is 6.01. The Morgan fingerprint density at radius 3 is 2.37 bits per heavy atom. The molecule has 1 heterocycles. The van der Waals surface area contributed by atoms with Crippen LogP contribution in [0.3, 0.4) is 0 Å². The first-order valence-corrected chi connectivity index (χ1v) is 7.80. The lowest BCUT2D eigenvalue weighted by atomic mass is 9.83. The Morgan fingerprint density at radius 2 is 1.89 bits per heavy atom. The maximum atomic E-state index is 12.2. The third-order valence-electron chi connectivity index (χ3n) is 3.63. The summed E-state index contributed by atoms with van der Waals surface area (Å²) in [6.45, 7) is 10.8. The molecule has 0 bridgehead atoms. The Bertz CT molecular complexity index is 276. The number of hydrogen-bond donors (Lipinski definition) is 1. The van der Waals surface area contributed by atoms with Crippen molar-refractivity contribution in [3.63, 3.8) is 0 Å². The Balaban J connectivity index is 2.56. The van der Waals surface area contributed by atoms with Crippen molar-refractivity contribution in [2.75, 3.05) is 25.4 Å². The molecule has 0 amide bonds. The van der Waals surface area contributed by atoms with Crippen molar-refractivity contribution in [1.29, 1.82) is 0 Å². The first-order chi connectivity index (χ1) is 8.63. The van der Waals surface area contributed by atoms with Gasteiger partial charge >= 0.3 is 5.51 Å². The predicted molar refractivity (Wildman–Crippen MR) is 75.4 cm³/mol. The Hall–Kier alpha value is 0.0600. The van der Waals surface area contributed by atoms with Crippen molar-refractivity contribution in [3.05, 3.63) is 0 Å². The average molecular weight is 298 g/mol. The van der Waals surface area contributed by atoms with E-state index in [1.807, 2.05) is 0 Å². The van der Waals surface area contributed by atoms with E-state index in [1.54, 1.807) is 0 Å². The van der Waals surface area contributed by atoms with Crippen LogP contribution in [-0.4, -0.2) is 47.9 Å².